The van der Waals surface area contributed by atoms with Crippen molar-refractivity contribution in [3.8, 4) is 5.75 Å². The number of phenolic OH excluding ortho intramolecular Hbond substituents is 1. The largest absolute Gasteiger partial charge is 0.508 e. The van der Waals surface area contributed by atoms with Crippen molar-refractivity contribution in [1.82, 2.24) is 4.90 Å². The molecule has 0 aromatic heterocycles. The molecule has 0 saturated carbocycles. The van der Waals surface area contributed by atoms with Crippen LogP contribution in [-0.4, -0.2) is 28.7 Å². The molecule has 6 heteroatoms. The summed E-state index contributed by atoms with van der Waals surface area (Å²) in [6, 6.07) is 13.4. The number of thioether (sulfide) groups is 1. The molecule has 0 radical (unpaired) electrons. The number of aromatic hydroxyl groups is 1. The molecule has 122 valence electrons. The van der Waals surface area contributed by atoms with Gasteiger partial charge in [-0.25, -0.2) is 0 Å². The number of rotatable bonds is 6. The number of hydrogen-bond acceptors (Lipinski definition) is 3. The number of alkyl halides is 2. The summed E-state index contributed by atoms with van der Waals surface area (Å²) >= 11 is 0.494. The van der Waals surface area contributed by atoms with Crippen molar-refractivity contribution in [1.29, 1.82) is 0 Å². The lowest BCUT2D eigenvalue weighted by atomic mass is 10.1. The van der Waals surface area contributed by atoms with Crippen molar-refractivity contribution in [3.63, 3.8) is 0 Å². The van der Waals surface area contributed by atoms with Crippen LogP contribution in [0.4, 0.5) is 8.78 Å². The highest BCUT2D eigenvalue weighted by molar-refractivity contribution is 7.99. The molecule has 0 aliphatic heterocycles. The van der Waals surface area contributed by atoms with Crippen molar-refractivity contribution < 1.29 is 18.7 Å². The van der Waals surface area contributed by atoms with Crippen molar-refractivity contribution in [3.05, 3.63) is 59.7 Å². The topological polar surface area (TPSA) is 40.5 Å². The van der Waals surface area contributed by atoms with Crippen molar-refractivity contribution >= 4 is 17.7 Å². The van der Waals surface area contributed by atoms with Crippen LogP contribution in [-0.2, 0) is 17.8 Å². The third kappa shape index (κ3) is 5.25. The van der Waals surface area contributed by atoms with E-state index in [0.717, 1.165) is 5.56 Å². The second kappa shape index (κ2) is 7.97. The monoisotopic (exact) mass is 337 g/mol. The molecule has 0 unspecified atom stereocenters. The summed E-state index contributed by atoms with van der Waals surface area (Å²) in [4.78, 5) is 14.2. The molecule has 0 aliphatic carbocycles. The van der Waals surface area contributed by atoms with Crippen LogP contribution in [0.2, 0.25) is 0 Å². The molecule has 0 spiro atoms. The Morgan fingerprint density at radius 1 is 1.17 bits per heavy atom. The quantitative estimate of drug-likeness (QED) is 0.813. The van der Waals surface area contributed by atoms with E-state index in [1.165, 1.54) is 0 Å². The van der Waals surface area contributed by atoms with Crippen LogP contribution < -0.4 is 0 Å². The zero-order valence-electron chi connectivity index (χ0n) is 12.6. The summed E-state index contributed by atoms with van der Waals surface area (Å²) in [6.45, 7) is 0.381. The Balaban J connectivity index is 1.94. The van der Waals surface area contributed by atoms with Crippen molar-refractivity contribution in [2.45, 2.75) is 23.6 Å². The standard InChI is InChI=1S/C17H17F2NO2S/c1-20(16(22)10-13-4-2-3-5-15(13)21)11-12-6-8-14(9-7-12)23-17(18)19/h2-9,17,21H,10-11H2,1H3. The van der Waals surface area contributed by atoms with E-state index in [-0.39, 0.29) is 18.1 Å². The lowest BCUT2D eigenvalue weighted by Gasteiger charge is -2.18. The SMILES string of the molecule is CN(Cc1ccc(SC(F)F)cc1)C(=O)Cc1ccccc1O. The van der Waals surface area contributed by atoms with E-state index in [4.69, 9.17) is 0 Å². The Bertz CT molecular complexity index is 662. The third-order valence-electron chi connectivity index (χ3n) is 3.33. The minimum Gasteiger partial charge on any atom is -0.508 e. The summed E-state index contributed by atoms with van der Waals surface area (Å²) < 4.78 is 24.5. The highest BCUT2D eigenvalue weighted by Gasteiger charge is 2.12. The molecule has 0 heterocycles. The first-order valence-corrected chi connectivity index (χ1v) is 7.88. The van der Waals surface area contributed by atoms with Gasteiger partial charge in [-0.2, -0.15) is 8.78 Å². The van der Waals surface area contributed by atoms with Gasteiger partial charge in [0, 0.05) is 24.1 Å². The minimum absolute atomic E-state index is 0.0997. The van der Waals surface area contributed by atoms with Crippen LogP contribution in [0.5, 0.6) is 5.75 Å². The van der Waals surface area contributed by atoms with E-state index in [1.807, 2.05) is 0 Å². The van der Waals surface area contributed by atoms with Gasteiger partial charge in [-0.15, -0.1) is 0 Å². The predicted molar refractivity (Wildman–Crippen MR) is 86.6 cm³/mol. The van der Waals surface area contributed by atoms with E-state index in [2.05, 4.69) is 0 Å². The van der Waals surface area contributed by atoms with Gasteiger partial charge in [-0.3, -0.25) is 4.79 Å². The zero-order chi connectivity index (χ0) is 16.8. The number of nitrogens with zero attached hydrogens (tertiary/aromatic N) is 1. The first-order chi connectivity index (χ1) is 11.0. The number of phenols is 1. The molecule has 0 saturated heterocycles. The van der Waals surface area contributed by atoms with Crippen LogP contribution in [0.25, 0.3) is 0 Å². The third-order valence-corrected chi connectivity index (χ3v) is 4.05. The number of carbonyl (C=O) groups is 1. The number of benzene rings is 2. The second-order valence-electron chi connectivity index (χ2n) is 5.08. The number of halogens is 2. The van der Waals surface area contributed by atoms with Gasteiger partial charge in [0.15, 0.2) is 0 Å². The Morgan fingerprint density at radius 3 is 2.43 bits per heavy atom. The number of carbonyl (C=O) groups excluding carboxylic acids is 1. The van der Waals surface area contributed by atoms with E-state index in [9.17, 15) is 18.7 Å². The first-order valence-electron chi connectivity index (χ1n) is 7.00. The van der Waals surface area contributed by atoms with Crippen molar-refractivity contribution in [2.24, 2.45) is 0 Å². The smallest absolute Gasteiger partial charge is 0.288 e. The lowest BCUT2D eigenvalue weighted by molar-refractivity contribution is -0.129. The lowest BCUT2D eigenvalue weighted by Crippen LogP contribution is -2.27. The Labute approximate surface area is 137 Å². The number of para-hydroxylation sites is 1. The molecular formula is C17H17F2NO2S. The molecule has 1 amide bonds. The minimum atomic E-state index is -2.44. The van der Waals surface area contributed by atoms with Gasteiger partial charge < -0.3 is 10.0 Å². The number of amides is 1. The molecule has 2 aromatic carbocycles. The average molecular weight is 337 g/mol. The van der Waals surface area contributed by atoms with E-state index in [0.29, 0.717) is 28.8 Å². The summed E-state index contributed by atoms with van der Waals surface area (Å²) in [6.07, 6.45) is 0.114. The highest BCUT2D eigenvalue weighted by Crippen LogP contribution is 2.25. The van der Waals surface area contributed by atoms with Gasteiger partial charge in [-0.05, 0) is 23.8 Å². The molecule has 3 nitrogen and oxygen atoms in total. The molecule has 23 heavy (non-hydrogen) atoms. The first kappa shape index (κ1) is 17.3. The fraction of sp³-hybridized carbons (Fsp3) is 0.235. The Kier molecular flexibility index (Phi) is 5.98. The summed E-state index contributed by atoms with van der Waals surface area (Å²) in [5, 5.41) is 9.70. The van der Waals surface area contributed by atoms with Crippen LogP contribution in [0.3, 0.4) is 0 Å². The highest BCUT2D eigenvalue weighted by atomic mass is 32.2. The summed E-state index contributed by atoms with van der Waals surface area (Å²) in [5.74, 6) is -2.47. The second-order valence-corrected chi connectivity index (χ2v) is 6.14. The van der Waals surface area contributed by atoms with Gasteiger partial charge in [0.05, 0.1) is 6.42 Å². The maximum Gasteiger partial charge on any atom is 0.288 e. The fourth-order valence-corrected chi connectivity index (χ4v) is 2.60. The van der Waals surface area contributed by atoms with Gasteiger partial charge in [-0.1, -0.05) is 42.1 Å². The molecule has 0 atom stereocenters. The maximum atomic E-state index is 12.3. The van der Waals surface area contributed by atoms with E-state index < -0.39 is 5.76 Å². The number of likely N-dealkylation sites (N-methyl/N-ethyl adjacent to an activating group) is 1. The van der Waals surface area contributed by atoms with Crippen LogP contribution >= 0.6 is 11.8 Å². The van der Waals surface area contributed by atoms with E-state index >= 15 is 0 Å². The van der Waals surface area contributed by atoms with Gasteiger partial charge in [0.2, 0.25) is 5.91 Å². The molecule has 0 aliphatic rings. The average Bonchev–Trinajstić information content (AvgIpc) is 2.51. The normalized spacial score (nSPS) is 10.8. The van der Waals surface area contributed by atoms with E-state index in [1.54, 1.807) is 60.5 Å². The van der Waals surface area contributed by atoms with Gasteiger partial charge in [0.1, 0.15) is 5.75 Å². The molecular weight excluding hydrogens is 320 g/mol. The number of hydrogen-bond donors (Lipinski definition) is 1. The summed E-state index contributed by atoms with van der Waals surface area (Å²) in [5.41, 5.74) is 1.43. The molecule has 2 rings (SSSR count). The van der Waals surface area contributed by atoms with Crippen molar-refractivity contribution in [2.75, 3.05) is 7.05 Å². The predicted octanol–water partition coefficient (Wildman–Crippen LogP) is 3.91. The fourth-order valence-electron chi connectivity index (χ4n) is 2.10. The molecule has 1 N–H and O–H groups in total. The Morgan fingerprint density at radius 2 is 1.83 bits per heavy atom. The molecule has 0 bridgehead atoms. The summed E-state index contributed by atoms with van der Waals surface area (Å²) in [7, 11) is 1.67. The van der Waals surface area contributed by atoms with Gasteiger partial charge >= 0.3 is 0 Å². The van der Waals surface area contributed by atoms with Crippen LogP contribution in [0.15, 0.2) is 53.4 Å². The van der Waals surface area contributed by atoms with Crippen LogP contribution in [0.1, 0.15) is 11.1 Å². The van der Waals surface area contributed by atoms with Gasteiger partial charge in [0.25, 0.3) is 5.76 Å². The van der Waals surface area contributed by atoms with Crippen LogP contribution in [0, 0.1) is 0 Å². The molecule has 2 aromatic rings. The molecule has 0 fully saturated rings. The maximum absolute atomic E-state index is 12.3. The zero-order valence-corrected chi connectivity index (χ0v) is 13.4. The Hall–Kier alpha value is -2.08.